The molecule has 2 aromatic rings. The van der Waals surface area contributed by atoms with Crippen molar-refractivity contribution in [2.24, 2.45) is 10.7 Å². The summed E-state index contributed by atoms with van der Waals surface area (Å²) in [4.78, 5) is 11.2. The molecule has 4 rings (SSSR count). The van der Waals surface area contributed by atoms with Crippen molar-refractivity contribution < 1.29 is 0 Å². The van der Waals surface area contributed by atoms with Crippen LogP contribution in [0.1, 0.15) is 43.7 Å². The van der Waals surface area contributed by atoms with Crippen LogP contribution in [0, 0.1) is 6.92 Å². The van der Waals surface area contributed by atoms with Crippen LogP contribution in [0.2, 0.25) is 0 Å². The molecule has 0 amide bonds. The average Bonchev–Trinajstić information content (AvgIpc) is 3.08. The molecular formula is C20H25N5. The number of aliphatic imine (C=N–C) groups is 1. The topological polar surface area (TPSA) is 59.4 Å². The largest absolute Gasteiger partial charge is 0.313 e. The van der Waals surface area contributed by atoms with Crippen molar-refractivity contribution in [2.45, 2.75) is 51.4 Å². The van der Waals surface area contributed by atoms with Crippen molar-refractivity contribution in [1.82, 2.24) is 9.55 Å². The number of hydrogen-bond donors (Lipinski definition) is 1. The van der Waals surface area contributed by atoms with Crippen LogP contribution >= 0.6 is 0 Å². The van der Waals surface area contributed by atoms with E-state index in [1.807, 2.05) is 23.5 Å². The van der Waals surface area contributed by atoms with Crippen molar-refractivity contribution in [3.05, 3.63) is 48.4 Å². The first-order valence-corrected chi connectivity index (χ1v) is 9.12. The minimum atomic E-state index is -0.409. The molecule has 1 aliphatic carbocycles. The van der Waals surface area contributed by atoms with Crippen molar-refractivity contribution in [2.75, 3.05) is 4.90 Å². The number of nitrogens with two attached hydrogens (primary N) is 1. The molecule has 2 aliphatic rings. The zero-order valence-corrected chi connectivity index (χ0v) is 14.7. The highest BCUT2D eigenvalue weighted by Crippen LogP contribution is 2.38. The number of anilines is 1. The van der Waals surface area contributed by atoms with Crippen LogP contribution in [0.15, 0.2) is 47.9 Å². The maximum absolute atomic E-state index is 6.28. The maximum atomic E-state index is 6.28. The number of aromatic nitrogens is 2. The molecule has 1 aliphatic heterocycles. The number of nitrogens with zero attached hydrogens (tertiary/aromatic N) is 4. The summed E-state index contributed by atoms with van der Waals surface area (Å²) in [5.74, 6) is 1.05. The lowest BCUT2D eigenvalue weighted by molar-refractivity contribution is 0.353. The number of aryl methyl sites for hydroxylation is 1. The lowest BCUT2D eigenvalue weighted by Gasteiger charge is -2.32. The Hall–Kier alpha value is -2.40. The second kappa shape index (κ2) is 6.84. The summed E-state index contributed by atoms with van der Waals surface area (Å²) in [7, 11) is 0. The third-order valence-corrected chi connectivity index (χ3v) is 5.16. The van der Waals surface area contributed by atoms with E-state index in [2.05, 4.69) is 40.7 Å². The van der Waals surface area contributed by atoms with Crippen LogP contribution in [0.3, 0.4) is 0 Å². The highest BCUT2D eigenvalue weighted by atomic mass is 15.4. The van der Waals surface area contributed by atoms with E-state index >= 15 is 0 Å². The first-order chi connectivity index (χ1) is 12.2. The summed E-state index contributed by atoms with van der Waals surface area (Å²) in [6.07, 6.45) is 13.6. The standard InChI is InChI=1S/C20H25N5/c1-15-8-10-16(11-9-15)18-19(24-13-5-12-22-20(24)21)25(14-23-18)17-6-3-2-4-7-17/h5,8-14,17,20H,2-4,6-7,21H2,1H3. The van der Waals surface area contributed by atoms with Crippen LogP contribution in [0.25, 0.3) is 11.3 Å². The fourth-order valence-electron chi connectivity index (χ4n) is 3.78. The highest BCUT2D eigenvalue weighted by Gasteiger charge is 2.27. The van der Waals surface area contributed by atoms with Gasteiger partial charge in [0.1, 0.15) is 11.5 Å². The maximum Gasteiger partial charge on any atom is 0.178 e. The number of hydrogen-bond acceptors (Lipinski definition) is 4. The van der Waals surface area contributed by atoms with Gasteiger partial charge in [-0.15, -0.1) is 0 Å². The van der Waals surface area contributed by atoms with Crippen LogP contribution < -0.4 is 10.6 Å². The Bertz CT molecular complexity index is 781. The smallest absolute Gasteiger partial charge is 0.178 e. The van der Waals surface area contributed by atoms with Crippen molar-refractivity contribution in [1.29, 1.82) is 0 Å². The Balaban J connectivity index is 1.81. The van der Waals surface area contributed by atoms with E-state index in [-0.39, 0.29) is 0 Å². The van der Waals surface area contributed by atoms with Gasteiger partial charge < -0.3 is 4.57 Å². The zero-order valence-electron chi connectivity index (χ0n) is 14.7. The quantitative estimate of drug-likeness (QED) is 0.922. The van der Waals surface area contributed by atoms with Gasteiger partial charge in [0, 0.05) is 24.0 Å². The Kier molecular flexibility index (Phi) is 4.40. The summed E-state index contributed by atoms with van der Waals surface area (Å²) in [5.41, 5.74) is 9.61. The molecule has 0 spiro atoms. The third kappa shape index (κ3) is 3.12. The van der Waals surface area contributed by atoms with E-state index in [0.717, 1.165) is 17.1 Å². The molecule has 1 saturated carbocycles. The van der Waals surface area contributed by atoms with E-state index < -0.39 is 6.29 Å². The molecule has 1 aromatic heterocycles. The second-order valence-electron chi connectivity index (χ2n) is 6.94. The first-order valence-electron chi connectivity index (χ1n) is 9.12. The molecule has 0 saturated heterocycles. The van der Waals surface area contributed by atoms with Crippen molar-refractivity contribution in [3.8, 4) is 11.3 Å². The van der Waals surface area contributed by atoms with Crippen LogP contribution in [0.5, 0.6) is 0 Å². The second-order valence-corrected chi connectivity index (χ2v) is 6.94. The molecule has 0 bridgehead atoms. The van der Waals surface area contributed by atoms with Gasteiger partial charge in [-0.05, 0) is 25.8 Å². The third-order valence-electron chi connectivity index (χ3n) is 5.16. The molecule has 2 heterocycles. The fraction of sp³-hybridized carbons (Fsp3) is 0.400. The zero-order chi connectivity index (χ0) is 17.2. The molecule has 0 radical (unpaired) electrons. The normalized spacial score (nSPS) is 21.0. The van der Waals surface area contributed by atoms with Gasteiger partial charge in [0.05, 0.1) is 6.33 Å². The minimum Gasteiger partial charge on any atom is -0.313 e. The molecule has 1 atom stereocenters. The van der Waals surface area contributed by atoms with E-state index in [9.17, 15) is 0 Å². The minimum absolute atomic E-state index is 0.409. The van der Waals surface area contributed by atoms with Gasteiger partial charge in [0.25, 0.3) is 0 Å². The molecule has 1 unspecified atom stereocenters. The predicted molar refractivity (Wildman–Crippen MR) is 103 cm³/mol. The lowest BCUT2D eigenvalue weighted by Crippen LogP contribution is -2.40. The molecular weight excluding hydrogens is 310 g/mol. The van der Waals surface area contributed by atoms with Gasteiger partial charge in [0.15, 0.2) is 6.29 Å². The molecule has 2 N–H and O–H groups in total. The number of imidazole rings is 1. The summed E-state index contributed by atoms with van der Waals surface area (Å²) < 4.78 is 2.32. The molecule has 1 fully saturated rings. The van der Waals surface area contributed by atoms with Gasteiger partial charge in [0.2, 0.25) is 0 Å². The monoisotopic (exact) mass is 335 g/mol. The number of benzene rings is 1. The van der Waals surface area contributed by atoms with Gasteiger partial charge in [-0.2, -0.15) is 0 Å². The van der Waals surface area contributed by atoms with Crippen molar-refractivity contribution >= 4 is 12.0 Å². The Morgan fingerprint density at radius 1 is 1.08 bits per heavy atom. The molecule has 130 valence electrons. The van der Waals surface area contributed by atoms with Gasteiger partial charge >= 0.3 is 0 Å². The van der Waals surface area contributed by atoms with Crippen LogP contribution in [0.4, 0.5) is 5.82 Å². The molecule has 5 nitrogen and oxygen atoms in total. The molecule has 25 heavy (non-hydrogen) atoms. The molecule has 5 heteroatoms. The first kappa shape index (κ1) is 16.1. The number of rotatable bonds is 3. The van der Waals surface area contributed by atoms with Crippen molar-refractivity contribution in [3.63, 3.8) is 0 Å². The van der Waals surface area contributed by atoms with Crippen LogP contribution in [-0.4, -0.2) is 22.1 Å². The number of allylic oxidation sites excluding steroid dienone is 1. The summed E-state index contributed by atoms with van der Waals surface area (Å²) >= 11 is 0. The lowest BCUT2D eigenvalue weighted by atomic mass is 9.95. The summed E-state index contributed by atoms with van der Waals surface area (Å²) in [5, 5.41) is 0. The van der Waals surface area contributed by atoms with E-state index in [1.54, 1.807) is 6.21 Å². The Morgan fingerprint density at radius 3 is 2.56 bits per heavy atom. The molecule has 1 aromatic carbocycles. The Morgan fingerprint density at radius 2 is 1.84 bits per heavy atom. The van der Waals surface area contributed by atoms with Gasteiger partial charge in [-0.25, -0.2) is 4.98 Å². The van der Waals surface area contributed by atoms with Crippen LogP contribution in [-0.2, 0) is 0 Å². The average molecular weight is 335 g/mol. The SMILES string of the molecule is Cc1ccc(-c2ncn(C3CCCCC3)c2N2C=CC=NC2N)cc1. The highest BCUT2D eigenvalue weighted by molar-refractivity contribution is 5.78. The van der Waals surface area contributed by atoms with E-state index in [0.29, 0.717) is 6.04 Å². The fourth-order valence-corrected chi connectivity index (χ4v) is 3.78. The summed E-state index contributed by atoms with van der Waals surface area (Å²) in [6.45, 7) is 2.10. The predicted octanol–water partition coefficient (Wildman–Crippen LogP) is 4.01. The Labute approximate surface area is 148 Å². The van der Waals surface area contributed by atoms with Gasteiger partial charge in [-0.3, -0.25) is 15.6 Å². The van der Waals surface area contributed by atoms with E-state index in [4.69, 9.17) is 10.7 Å². The van der Waals surface area contributed by atoms with Gasteiger partial charge in [-0.1, -0.05) is 49.1 Å². The van der Waals surface area contributed by atoms with E-state index in [1.165, 1.54) is 37.7 Å². The summed E-state index contributed by atoms with van der Waals surface area (Å²) in [6, 6.07) is 9.01.